The summed E-state index contributed by atoms with van der Waals surface area (Å²) < 4.78 is 55.0. The molecule has 7 rings (SSSR count). The Morgan fingerprint density at radius 3 is 1.93 bits per heavy atom. The zero-order valence-corrected chi connectivity index (χ0v) is 35.4. The van der Waals surface area contributed by atoms with Crippen molar-refractivity contribution < 1.29 is 78.1 Å². The van der Waals surface area contributed by atoms with Gasteiger partial charge in [0.15, 0.2) is 18.9 Å². The fourth-order valence-corrected chi connectivity index (χ4v) is 12.5. The summed E-state index contributed by atoms with van der Waals surface area (Å²) in [5.41, 5.74) is -4.62. The Morgan fingerprint density at radius 2 is 1.34 bits per heavy atom. The minimum absolute atomic E-state index is 0.0874. The van der Waals surface area contributed by atoms with E-state index in [1.54, 1.807) is 28.1 Å². The number of aliphatic hydroxyl groups excluding tert-OH is 4. The lowest BCUT2D eigenvalue weighted by Crippen LogP contribution is -2.79. The van der Waals surface area contributed by atoms with Gasteiger partial charge in [0.1, 0.15) is 47.5 Å². The van der Waals surface area contributed by atoms with Crippen molar-refractivity contribution in [2.45, 2.75) is 202 Å². The number of rotatable bonds is 10. The number of ketones is 1. The van der Waals surface area contributed by atoms with Crippen molar-refractivity contribution in [1.29, 1.82) is 0 Å². The fourth-order valence-electron chi connectivity index (χ4n) is 12.5. The van der Waals surface area contributed by atoms with E-state index in [0.717, 1.165) is 5.57 Å². The summed E-state index contributed by atoms with van der Waals surface area (Å²) in [4.78, 5) is 12.7. The monoisotopic (exact) mass is 828 g/mol. The normalized spacial score (nSPS) is 54.6. The molecule has 0 spiro atoms. The van der Waals surface area contributed by atoms with Crippen molar-refractivity contribution in [3.63, 3.8) is 0 Å². The number of carbonyl (C=O) groups excluding carboxylic acids is 1. The third-order valence-corrected chi connectivity index (χ3v) is 15.8. The van der Waals surface area contributed by atoms with Gasteiger partial charge in [0.2, 0.25) is 0 Å². The van der Waals surface area contributed by atoms with Crippen LogP contribution >= 0.6 is 0 Å². The maximum atomic E-state index is 12.7. The lowest BCUT2D eigenvalue weighted by molar-refractivity contribution is -0.352. The lowest BCUT2D eigenvalue weighted by Gasteiger charge is -2.67. The van der Waals surface area contributed by atoms with Crippen LogP contribution in [-0.4, -0.2) is 167 Å². The Kier molecular flexibility index (Phi) is 12.8. The summed E-state index contributed by atoms with van der Waals surface area (Å²) in [5, 5.41) is 69.6. The smallest absolute Gasteiger partial charge is 0.187 e. The number of methoxy groups -OCH3 is 3. The maximum absolute atomic E-state index is 12.7. The van der Waals surface area contributed by atoms with Gasteiger partial charge in [-0.05, 0) is 71.6 Å². The molecule has 16 heteroatoms. The minimum atomic E-state index is -1.76. The van der Waals surface area contributed by atoms with Crippen LogP contribution in [0.5, 0.6) is 0 Å². The number of hydrogen-bond donors (Lipinski definition) is 6. The lowest BCUT2D eigenvalue weighted by atomic mass is 9.42. The topological polar surface area (TPSA) is 222 Å². The van der Waals surface area contributed by atoms with E-state index in [2.05, 4.69) is 0 Å². The van der Waals surface area contributed by atoms with Crippen molar-refractivity contribution in [1.82, 2.24) is 0 Å². The third kappa shape index (κ3) is 6.98. The van der Waals surface area contributed by atoms with Crippen LogP contribution in [0.4, 0.5) is 0 Å². The summed E-state index contributed by atoms with van der Waals surface area (Å²) in [7, 11) is 4.60. The van der Waals surface area contributed by atoms with Crippen LogP contribution in [0.15, 0.2) is 11.6 Å². The number of Topliss-reactive ketones (excluding diaryl/α,β-unsaturated/α-hetero) is 1. The molecule has 332 valence electrons. The van der Waals surface area contributed by atoms with Crippen molar-refractivity contribution >= 4 is 5.78 Å². The quantitative estimate of drug-likeness (QED) is 0.171. The Bertz CT molecular complexity index is 1510. The highest BCUT2D eigenvalue weighted by molar-refractivity contribution is 5.80. The molecular weight excluding hydrogens is 760 g/mol. The average molecular weight is 829 g/mol. The first-order valence-corrected chi connectivity index (χ1v) is 21.2. The molecule has 3 aliphatic heterocycles. The molecule has 0 aromatic heterocycles. The van der Waals surface area contributed by atoms with Crippen LogP contribution < -0.4 is 0 Å². The van der Waals surface area contributed by atoms with E-state index in [1.165, 1.54) is 14.0 Å². The molecule has 0 amide bonds. The van der Waals surface area contributed by atoms with Gasteiger partial charge in [0, 0.05) is 51.4 Å². The van der Waals surface area contributed by atoms with Crippen LogP contribution in [0.1, 0.15) is 92.9 Å². The van der Waals surface area contributed by atoms with Gasteiger partial charge in [-0.2, -0.15) is 0 Å². The SMILES string of the molecule is COC1CC(OC2CCC3(C)C(=CCC4(O)C3C(O)C(O)C3(C)C(C(C)=O)CCC43O)C2)OC(C)C1OC1CC(OC)C(OC2OC(C)C(O)C(OC)C2O)C(C)O1. The zero-order chi connectivity index (χ0) is 42.3. The van der Waals surface area contributed by atoms with Crippen LogP contribution in [0, 0.1) is 22.7 Å². The predicted octanol–water partition coefficient (Wildman–Crippen LogP) is 1.26. The Labute approximate surface area is 341 Å². The molecule has 6 fully saturated rings. The molecule has 0 bridgehead atoms. The number of aliphatic hydroxyl groups is 6. The molecule has 4 aliphatic carbocycles. The van der Waals surface area contributed by atoms with E-state index in [4.69, 9.17) is 42.6 Å². The number of ether oxygens (including phenoxy) is 9. The summed E-state index contributed by atoms with van der Waals surface area (Å²) in [6, 6.07) is 0. The molecule has 58 heavy (non-hydrogen) atoms. The number of hydrogen-bond acceptors (Lipinski definition) is 16. The second kappa shape index (κ2) is 16.5. The summed E-state index contributed by atoms with van der Waals surface area (Å²) in [6.45, 7) is 10.5. The van der Waals surface area contributed by atoms with E-state index in [-0.39, 0.29) is 24.7 Å². The molecule has 0 radical (unpaired) electrons. The van der Waals surface area contributed by atoms with E-state index in [9.17, 15) is 35.4 Å². The highest BCUT2D eigenvalue weighted by Gasteiger charge is 2.78. The number of fused-ring (bicyclic) bond motifs is 5. The molecule has 6 N–H and O–H groups in total. The van der Waals surface area contributed by atoms with Gasteiger partial charge in [-0.25, -0.2) is 0 Å². The highest BCUT2D eigenvalue weighted by Crippen LogP contribution is 2.69. The van der Waals surface area contributed by atoms with E-state index < -0.39 is 126 Å². The first-order chi connectivity index (χ1) is 27.3. The molecular formula is C42H68O16. The van der Waals surface area contributed by atoms with Gasteiger partial charge in [0.05, 0.1) is 48.8 Å². The largest absolute Gasteiger partial charge is 0.390 e. The van der Waals surface area contributed by atoms with Gasteiger partial charge in [-0.15, -0.1) is 0 Å². The minimum Gasteiger partial charge on any atom is -0.390 e. The molecule has 3 saturated heterocycles. The summed E-state index contributed by atoms with van der Waals surface area (Å²) >= 11 is 0. The Balaban J connectivity index is 0.975. The summed E-state index contributed by atoms with van der Waals surface area (Å²) in [5.74, 6) is -1.69. The Hall–Kier alpha value is -1.19. The van der Waals surface area contributed by atoms with E-state index in [0.29, 0.717) is 38.5 Å². The Morgan fingerprint density at radius 1 is 0.741 bits per heavy atom. The van der Waals surface area contributed by atoms with Gasteiger partial charge < -0.3 is 73.3 Å². The van der Waals surface area contributed by atoms with Crippen molar-refractivity contribution in [3.8, 4) is 0 Å². The molecule has 22 atom stereocenters. The molecule has 16 nitrogen and oxygen atoms in total. The van der Waals surface area contributed by atoms with Crippen LogP contribution in [0.3, 0.4) is 0 Å². The zero-order valence-electron chi connectivity index (χ0n) is 35.4. The van der Waals surface area contributed by atoms with Gasteiger partial charge in [-0.1, -0.05) is 25.5 Å². The molecule has 0 aromatic carbocycles. The molecule has 3 saturated carbocycles. The van der Waals surface area contributed by atoms with Crippen LogP contribution in [-0.2, 0) is 47.4 Å². The second-order valence-corrected chi connectivity index (χ2v) is 18.7. The molecule has 7 aliphatic rings. The van der Waals surface area contributed by atoms with Crippen molar-refractivity contribution in [2.24, 2.45) is 22.7 Å². The van der Waals surface area contributed by atoms with Crippen molar-refractivity contribution in [2.75, 3.05) is 21.3 Å². The fraction of sp³-hybridized carbons (Fsp3) is 0.929. The standard InChI is InChI=1S/C42H68O16/c1-19(43)25-12-15-42(49)40(25,6)37(47)32(46)36-39(5)13-11-24(16-23(39)10-14-41(36,42)48)56-28-17-26(50-7)33(21(3)53-28)57-29-18-27(51-8)34(22(4)54-29)58-38-31(45)35(52-9)30(44)20(2)55-38/h10,20-22,24-38,44-49H,11-18H2,1-9H3. The molecule has 22 unspecified atom stereocenters. The van der Waals surface area contributed by atoms with Gasteiger partial charge in [-0.3, -0.25) is 4.79 Å². The van der Waals surface area contributed by atoms with Gasteiger partial charge >= 0.3 is 0 Å². The van der Waals surface area contributed by atoms with Crippen LogP contribution in [0.2, 0.25) is 0 Å². The first kappa shape index (κ1) is 44.9. The maximum Gasteiger partial charge on any atom is 0.187 e. The van der Waals surface area contributed by atoms with Crippen molar-refractivity contribution in [3.05, 3.63) is 11.6 Å². The van der Waals surface area contributed by atoms with Crippen LogP contribution in [0.25, 0.3) is 0 Å². The predicted molar refractivity (Wildman–Crippen MR) is 203 cm³/mol. The molecule has 0 aromatic rings. The van der Waals surface area contributed by atoms with E-state index in [1.807, 2.05) is 26.8 Å². The first-order valence-electron chi connectivity index (χ1n) is 21.2. The molecule has 3 heterocycles. The van der Waals surface area contributed by atoms with Gasteiger partial charge in [0.25, 0.3) is 0 Å². The number of carbonyl (C=O) groups is 1. The average Bonchev–Trinajstić information content (AvgIpc) is 3.47. The second-order valence-electron chi connectivity index (χ2n) is 18.7. The summed E-state index contributed by atoms with van der Waals surface area (Å²) in [6.07, 6.45) is -7.18. The van der Waals surface area contributed by atoms with E-state index >= 15 is 0 Å². The third-order valence-electron chi connectivity index (χ3n) is 15.8. The highest BCUT2D eigenvalue weighted by atomic mass is 16.8.